The molecule has 3 N–H and O–H groups in total. The van der Waals surface area contributed by atoms with Crippen LogP contribution in [0, 0.1) is 0 Å². The molecule has 1 fully saturated rings. The van der Waals surface area contributed by atoms with E-state index in [4.69, 9.17) is 5.73 Å². The number of nitrogens with one attached hydrogen (secondary N) is 1. The zero-order valence-corrected chi connectivity index (χ0v) is 13.2. The summed E-state index contributed by atoms with van der Waals surface area (Å²) in [6.07, 6.45) is 2.42. The van der Waals surface area contributed by atoms with E-state index in [0.29, 0.717) is 29.3 Å². The van der Waals surface area contributed by atoms with Crippen LogP contribution in [0.25, 0.3) is 0 Å². The summed E-state index contributed by atoms with van der Waals surface area (Å²) in [5, 5.41) is 0. The van der Waals surface area contributed by atoms with E-state index < -0.39 is 10.0 Å². The van der Waals surface area contributed by atoms with Crippen molar-refractivity contribution in [3.05, 3.63) is 22.7 Å². The number of halogens is 1. The number of nitrogens with zero attached hydrogens (tertiary/aromatic N) is 1. The zero-order chi connectivity index (χ0) is 14.0. The summed E-state index contributed by atoms with van der Waals surface area (Å²) in [7, 11) is -1.50. The van der Waals surface area contributed by atoms with E-state index in [1.54, 1.807) is 12.1 Å². The van der Waals surface area contributed by atoms with Crippen molar-refractivity contribution in [2.45, 2.75) is 23.8 Å². The van der Waals surface area contributed by atoms with E-state index in [2.05, 4.69) is 25.6 Å². The van der Waals surface area contributed by atoms with Crippen LogP contribution in [-0.4, -0.2) is 39.5 Å². The van der Waals surface area contributed by atoms with Gasteiger partial charge in [-0.2, -0.15) is 0 Å². The van der Waals surface area contributed by atoms with Crippen LogP contribution in [0.1, 0.15) is 12.8 Å². The molecule has 1 saturated carbocycles. The molecule has 1 aliphatic rings. The molecule has 2 rings (SSSR count). The van der Waals surface area contributed by atoms with Crippen molar-refractivity contribution in [2.24, 2.45) is 0 Å². The molecule has 0 aromatic heterocycles. The first-order valence-electron chi connectivity index (χ1n) is 6.15. The fourth-order valence-electron chi connectivity index (χ4n) is 1.86. The number of rotatable bonds is 6. The first-order chi connectivity index (χ1) is 8.90. The molecule has 0 bridgehead atoms. The van der Waals surface area contributed by atoms with E-state index >= 15 is 0 Å². The monoisotopic (exact) mass is 347 g/mol. The van der Waals surface area contributed by atoms with Gasteiger partial charge in [-0.15, -0.1) is 0 Å². The summed E-state index contributed by atoms with van der Waals surface area (Å²) < 4.78 is 27.4. The maximum Gasteiger partial charge on any atom is 0.241 e. The van der Waals surface area contributed by atoms with Crippen molar-refractivity contribution in [3.8, 4) is 0 Å². The van der Waals surface area contributed by atoms with Crippen LogP contribution < -0.4 is 10.5 Å². The van der Waals surface area contributed by atoms with Gasteiger partial charge in [0, 0.05) is 29.3 Å². The minimum absolute atomic E-state index is 0.182. The van der Waals surface area contributed by atoms with Crippen LogP contribution in [0.2, 0.25) is 0 Å². The summed E-state index contributed by atoms with van der Waals surface area (Å²) in [4.78, 5) is 2.36. The average molecular weight is 348 g/mol. The summed E-state index contributed by atoms with van der Waals surface area (Å²) >= 11 is 3.24. The minimum atomic E-state index is -3.52. The van der Waals surface area contributed by atoms with Crippen LogP contribution >= 0.6 is 15.9 Å². The van der Waals surface area contributed by atoms with E-state index in [0.717, 1.165) is 0 Å². The maximum atomic E-state index is 12.2. The number of nitrogens with two attached hydrogens (primary N) is 1. The van der Waals surface area contributed by atoms with Crippen LogP contribution in [0.15, 0.2) is 27.6 Å². The minimum Gasteiger partial charge on any atom is -0.399 e. The smallest absolute Gasteiger partial charge is 0.241 e. The molecule has 106 valence electrons. The number of benzene rings is 1. The third-order valence-electron chi connectivity index (χ3n) is 3.17. The number of hydrogen-bond acceptors (Lipinski definition) is 4. The number of likely N-dealkylation sites (N-methyl/N-ethyl adjacent to an activating group) is 1. The Balaban J connectivity index is 1.99. The highest BCUT2D eigenvalue weighted by molar-refractivity contribution is 9.10. The molecule has 19 heavy (non-hydrogen) atoms. The third kappa shape index (κ3) is 3.92. The van der Waals surface area contributed by atoms with Crippen LogP contribution in [0.5, 0.6) is 0 Å². The Morgan fingerprint density at radius 1 is 1.47 bits per heavy atom. The van der Waals surface area contributed by atoms with Gasteiger partial charge in [-0.3, -0.25) is 0 Å². The standard InChI is InChI=1S/C12H18BrN3O2S/c1-16(10-3-4-10)7-6-15-19(17,18)12-8-9(14)2-5-11(12)13/h2,5,8,10,15H,3-4,6-7,14H2,1H3. The van der Waals surface area contributed by atoms with Crippen molar-refractivity contribution in [3.63, 3.8) is 0 Å². The lowest BCUT2D eigenvalue weighted by molar-refractivity contribution is 0.329. The van der Waals surface area contributed by atoms with E-state index in [9.17, 15) is 8.42 Å². The molecule has 0 amide bonds. The number of anilines is 1. The summed E-state index contributed by atoms with van der Waals surface area (Å²) in [5.41, 5.74) is 6.06. The van der Waals surface area contributed by atoms with Crippen LogP contribution in [0.4, 0.5) is 5.69 Å². The molecule has 0 spiro atoms. The van der Waals surface area contributed by atoms with Crippen LogP contribution in [0.3, 0.4) is 0 Å². The second-order valence-electron chi connectivity index (χ2n) is 4.80. The second-order valence-corrected chi connectivity index (χ2v) is 7.39. The summed E-state index contributed by atoms with van der Waals surface area (Å²) in [6, 6.07) is 5.38. The second kappa shape index (κ2) is 5.78. The molecule has 5 nitrogen and oxygen atoms in total. The highest BCUT2D eigenvalue weighted by Gasteiger charge is 2.26. The Hall–Kier alpha value is -0.630. The molecule has 0 saturated heterocycles. The van der Waals surface area contributed by atoms with Gasteiger partial charge in [0.2, 0.25) is 10.0 Å². The lowest BCUT2D eigenvalue weighted by Gasteiger charge is -2.16. The van der Waals surface area contributed by atoms with Gasteiger partial charge in [-0.1, -0.05) is 0 Å². The zero-order valence-electron chi connectivity index (χ0n) is 10.8. The van der Waals surface area contributed by atoms with Gasteiger partial charge < -0.3 is 10.6 Å². The van der Waals surface area contributed by atoms with E-state index in [-0.39, 0.29) is 4.90 Å². The molecule has 0 heterocycles. The molecule has 0 radical (unpaired) electrons. The Labute approximate surface area is 122 Å². The summed E-state index contributed by atoms with van der Waals surface area (Å²) in [5.74, 6) is 0. The third-order valence-corrected chi connectivity index (χ3v) is 5.63. The molecule has 1 aromatic rings. The predicted molar refractivity (Wildman–Crippen MR) is 79.4 cm³/mol. The Morgan fingerprint density at radius 2 is 2.16 bits per heavy atom. The lowest BCUT2D eigenvalue weighted by Crippen LogP contribution is -2.34. The highest BCUT2D eigenvalue weighted by Crippen LogP contribution is 2.25. The largest absolute Gasteiger partial charge is 0.399 e. The molecule has 0 unspecified atom stereocenters. The van der Waals surface area contributed by atoms with Gasteiger partial charge in [0.15, 0.2) is 0 Å². The first kappa shape index (κ1) is 14.8. The molecular weight excluding hydrogens is 330 g/mol. The molecule has 0 atom stereocenters. The normalized spacial score (nSPS) is 15.9. The van der Waals surface area contributed by atoms with Crippen molar-refractivity contribution >= 4 is 31.6 Å². The van der Waals surface area contributed by atoms with Crippen LogP contribution in [-0.2, 0) is 10.0 Å². The molecular formula is C12H18BrN3O2S. The Kier molecular flexibility index (Phi) is 4.50. The molecule has 7 heteroatoms. The van der Waals surface area contributed by atoms with Gasteiger partial charge in [-0.25, -0.2) is 13.1 Å². The van der Waals surface area contributed by atoms with E-state index in [1.807, 2.05) is 7.05 Å². The maximum absolute atomic E-state index is 12.2. The fraction of sp³-hybridized carbons (Fsp3) is 0.500. The van der Waals surface area contributed by atoms with Gasteiger partial charge in [-0.05, 0) is 54.0 Å². The molecule has 0 aliphatic heterocycles. The number of sulfonamides is 1. The number of nitrogen functional groups attached to an aromatic ring is 1. The quantitative estimate of drug-likeness (QED) is 0.762. The van der Waals surface area contributed by atoms with Gasteiger partial charge in [0.05, 0.1) is 4.90 Å². The number of hydrogen-bond donors (Lipinski definition) is 2. The highest BCUT2D eigenvalue weighted by atomic mass is 79.9. The van der Waals surface area contributed by atoms with Gasteiger partial charge >= 0.3 is 0 Å². The van der Waals surface area contributed by atoms with Gasteiger partial charge in [0.1, 0.15) is 0 Å². The Bertz CT molecular complexity index is 558. The van der Waals surface area contributed by atoms with Crippen molar-refractivity contribution in [2.75, 3.05) is 25.9 Å². The predicted octanol–water partition coefficient (Wildman–Crippen LogP) is 1.40. The van der Waals surface area contributed by atoms with Crippen molar-refractivity contribution < 1.29 is 8.42 Å². The molecule has 1 aliphatic carbocycles. The molecule has 1 aromatic carbocycles. The first-order valence-corrected chi connectivity index (χ1v) is 8.43. The van der Waals surface area contributed by atoms with Gasteiger partial charge in [0.25, 0.3) is 0 Å². The van der Waals surface area contributed by atoms with Crippen molar-refractivity contribution in [1.82, 2.24) is 9.62 Å². The average Bonchev–Trinajstić information content (AvgIpc) is 3.15. The van der Waals surface area contributed by atoms with Crippen molar-refractivity contribution in [1.29, 1.82) is 0 Å². The summed E-state index contributed by atoms with van der Waals surface area (Å²) in [6.45, 7) is 1.11. The topological polar surface area (TPSA) is 75.4 Å². The SMILES string of the molecule is CN(CCNS(=O)(=O)c1cc(N)ccc1Br)C1CC1. The Morgan fingerprint density at radius 3 is 2.79 bits per heavy atom. The lowest BCUT2D eigenvalue weighted by atomic mass is 10.3. The fourth-order valence-corrected chi connectivity index (χ4v) is 3.88. The van der Waals surface area contributed by atoms with E-state index in [1.165, 1.54) is 18.9 Å².